The number of aromatic nitrogens is 1. The van der Waals surface area contributed by atoms with E-state index >= 15 is 0 Å². The van der Waals surface area contributed by atoms with E-state index in [1.165, 1.54) is 0 Å². The molecule has 2 aromatic rings. The van der Waals surface area contributed by atoms with Crippen LogP contribution in [-0.4, -0.2) is 27.2 Å². The Morgan fingerprint density at radius 3 is 2.38 bits per heavy atom. The fraction of sp³-hybridized carbons (Fsp3) is 0.333. The van der Waals surface area contributed by atoms with E-state index in [4.69, 9.17) is 10.8 Å². The zero-order valence-corrected chi connectivity index (χ0v) is 13.0. The third-order valence-corrected chi connectivity index (χ3v) is 2.65. The van der Waals surface area contributed by atoms with Gasteiger partial charge in [0, 0.05) is 28.4 Å². The Labute approximate surface area is 134 Å². The molecule has 6 heteroatoms. The molecule has 0 saturated carbocycles. The molecule has 5 nitrogen and oxygen atoms in total. The normalized spacial score (nSPS) is 11.2. The summed E-state index contributed by atoms with van der Waals surface area (Å²) in [6.07, 6.45) is 2.22. The van der Waals surface area contributed by atoms with E-state index in [1.54, 1.807) is 18.3 Å². The first-order chi connectivity index (χ1) is 9.41. The van der Waals surface area contributed by atoms with Gasteiger partial charge in [-0.15, -0.1) is 0 Å². The number of rotatable bonds is 3. The van der Waals surface area contributed by atoms with Crippen LogP contribution in [0.5, 0.6) is 5.75 Å². The molecule has 0 amide bonds. The molecule has 4 N–H and O–H groups in total. The van der Waals surface area contributed by atoms with Crippen LogP contribution in [0, 0.1) is 5.92 Å². The number of hydrogen-bond donors (Lipinski definition) is 3. The number of hydrogen-bond acceptors (Lipinski definition) is 4. The molecule has 0 spiro atoms. The Hall–Kier alpha value is -1.63. The Bertz CT molecular complexity index is 570. The van der Waals surface area contributed by atoms with Crippen molar-refractivity contribution in [2.45, 2.75) is 26.3 Å². The summed E-state index contributed by atoms with van der Waals surface area (Å²) >= 11 is 0. The first-order valence-electron chi connectivity index (χ1n) is 6.43. The van der Waals surface area contributed by atoms with Gasteiger partial charge in [-0.2, -0.15) is 0 Å². The average Bonchev–Trinajstić information content (AvgIpc) is 2.39. The van der Waals surface area contributed by atoms with E-state index in [0.717, 1.165) is 5.39 Å². The van der Waals surface area contributed by atoms with Gasteiger partial charge in [-0.05, 0) is 24.5 Å². The van der Waals surface area contributed by atoms with Crippen molar-refractivity contribution in [3.8, 4) is 5.75 Å². The van der Waals surface area contributed by atoms with Gasteiger partial charge in [0.05, 0.1) is 0 Å². The number of fused-ring (bicyclic) bond motifs is 1. The molecule has 0 aliphatic carbocycles. The maximum absolute atomic E-state index is 10.1. The SMILES string of the molecule is CC(C)C[C@H](N)C(=O)O.Oc1cccc2cccnc12.[Co]. The number of aliphatic carboxylic acids is 1. The van der Waals surface area contributed by atoms with E-state index in [-0.39, 0.29) is 22.5 Å². The number of para-hydroxylation sites is 1. The third-order valence-electron chi connectivity index (χ3n) is 2.65. The van der Waals surface area contributed by atoms with Gasteiger partial charge < -0.3 is 15.9 Å². The van der Waals surface area contributed by atoms with Crippen molar-refractivity contribution in [3.63, 3.8) is 0 Å². The van der Waals surface area contributed by atoms with E-state index in [9.17, 15) is 9.90 Å². The van der Waals surface area contributed by atoms with E-state index < -0.39 is 12.0 Å². The van der Waals surface area contributed by atoms with Gasteiger partial charge in [-0.1, -0.05) is 32.0 Å². The Morgan fingerprint density at radius 1 is 1.29 bits per heavy atom. The van der Waals surface area contributed by atoms with Crippen LogP contribution in [0.3, 0.4) is 0 Å². The number of carboxylic acids is 1. The fourth-order valence-corrected chi connectivity index (χ4v) is 1.70. The summed E-state index contributed by atoms with van der Waals surface area (Å²) in [6, 6.07) is 8.44. The Balaban J connectivity index is 0.000000373. The minimum atomic E-state index is -0.913. The quantitative estimate of drug-likeness (QED) is 0.800. The summed E-state index contributed by atoms with van der Waals surface area (Å²) in [5.74, 6) is -0.317. The van der Waals surface area contributed by atoms with Gasteiger partial charge in [-0.3, -0.25) is 9.78 Å². The monoisotopic (exact) mass is 335 g/mol. The van der Waals surface area contributed by atoms with Crippen LogP contribution in [0.2, 0.25) is 0 Å². The number of nitrogens with zero attached hydrogens (tertiary/aromatic N) is 1. The van der Waals surface area contributed by atoms with Gasteiger partial charge in [0.1, 0.15) is 17.3 Å². The van der Waals surface area contributed by atoms with Crippen molar-refractivity contribution < 1.29 is 31.8 Å². The van der Waals surface area contributed by atoms with E-state index in [0.29, 0.717) is 17.9 Å². The van der Waals surface area contributed by atoms with Crippen molar-refractivity contribution in [2.24, 2.45) is 11.7 Å². The Kier molecular flexibility index (Phi) is 8.60. The molecule has 1 atom stereocenters. The maximum atomic E-state index is 10.1. The fourth-order valence-electron chi connectivity index (χ4n) is 1.70. The van der Waals surface area contributed by atoms with Crippen LogP contribution < -0.4 is 5.73 Å². The number of phenolic OH excluding ortho intramolecular Hbond substituents is 1. The van der Waals surface area contributed by atoms with Gasteiger partial charge in [0.2, 0.25) is 0 Å². The van der Waals surface area contributed by atoms with Crippen molar-refractivity contribution >= 4 is 16.9 Å². The number of carbonyl (C=O) groups is 1. The summed E-state index contributed by atoms with van der Waals surface area (Å²) in [5.41, 5.74) is 5.88. The minimum absolute atomic E-state index is 0. The molecule has 0 unspecified atom stereocenters. The number of benzene rings is 1. The standard InChI is InChI=1S/C9H7NO.C6H13NO2.Co/c11-8-5-1-3-7-4-2-6-10-9(7)8;1-4(2)3-5(7)6(8)9;/h1-6,11H;4-5H,3,7H2,1-2H3,(H,8,9);/t;5-;/m.0./s1. The van der Waals surface area contributed by atoms with Crippen LogP contribution in [0.1, 0.15) is 20.3 Å². The van der Waals surface area contributed by atoms with Gasteiger partial charge in [-0.25, -0.2) is 0 Å². The summed E-state index contributed by atoms with van der Waals surface area (Å²) < 4.78 is 0. The van der Waals surface area contributed by atoms with Gasteiger partial charge >= 0.3 is 5.97 Å². The molecule has 21 heavy (non-hydrogen) atoms. The minimum Gasteiger partial charge on any atom is -0.506 e. The van der Waals surface area contributed by atoms with Crippen LogP contribution in [0.25, 0.3) is 10.9 Å². The third kappa shape index (κ3) is 6.57. The van der Waals surface area contributed by atoms with Gasteiger partial charge in [0.25, 0.3) is 0 Å². The molecule has 0 fully saturated rings. The summed E-state index contributed by atoms with van der Waals surface area (Å²) in [6.45, 7) is 3.89. The van der Waals surface area contributed by atoms with Crippen molar-refractivity contribution in [1.29, 1.82) is 0 Å². The van der Waals surface area contributed by atoms with E-state index in [2.05, 4.69) is 4.98 Å². The molecule has 0 bridgehead atoms. The maximum Gasteiger partial charge on any atom is 0.320 e. The van der Waals surface area contributed by atoms with E-state index in [1.807, 2.05) is 32.0 Å². The molecular formula is C15H20CoN2O3. The zero-order chi connectivity index (χ0) is 15.1. The molecule has 1 aromatic heterocycles. The van der Waals surface area contributed by atoms with Crippen molar-refractivity contribution in [1.82, 2.24) is 4.98 Å². The predicted octanol–water partition coefficient (Wildman–Crippen LogP) is 2.38. The van der Waals surface area contributed by atoms with Crippen molar-refractivity contribution in [3.05, 3.63) is 36.5 Å². The molecule has 1 heterocycles. The zero-order valence-electron chi connectivity index (χ0n) is 12.0. The molecule has 0 saturated heterocycles. The average molecular weight is 335 g/mol. The molecular weight excluding hydrogens is 315 g/mol. The predicted molar refractivity (Wildman–Crippen MR) is 78.5 cm³/mol. The molecule has 1 aromatic carbocycles. The molecule has 1 radical (unpaired) electrons. The van der Waals surface area contributed by atoms with Crippen LogP contribution in [0.4, 0.5) is 0 Å². The number of phenols is 1. The molecule has 117 valence electrons. The van der Waals surface area contributed by atoms with Crippen LogP contribution in [-0.2, 0) is 21.6 Å². The topological polar surface area (TPSA) is 96.4 Å². The summed E-state index contributed by atoms with van der Waals surface area (Å²) in [7, 11) is 0. The second-order valence-electron chi connectivity index (χ2n) is 4.93. The molecule has 0 aliphatic heterocycles. The number of nitrogens with two attached hydrogens (primary N) is 1. The smallest absolute Gasteiger partial charge is 0.320 e. The second-order valence-corrected chi connectivity index (χ2v) is 4.93. The summed E-state index contributed by atoms with van der Waals surface area (Å²) in [5, 5.41) is 18.6. The first-order valence-corrected chi connectivity index (χ1v) is 6.43. The number of pyridine rings is 1. The second kappa shape index (κ2) is 9.33. The Morgan fingerprint density at radius 2 is 1.90 bits per heavy atom. The van der Waals surface area contributed by atoms with Crippen molar-refractivity contribution in [2.75, 3.05) is 0 Å². The summed E-state index contributed by atoms with van der Waals surface area (Å²) in [4.78, 5) is 14.1. The first kappa shape index (κ1) is 19.4. The van der Waals surface area contributed by atoms with Crippen LogP contribution >= 0.6 is 0 Å². The number of aromatic hydroxyl groups is 1. The van der Waals surface area contributed by atoms with Crippen LogP contribution in [0.15, 0.2) is 36.5 Å². The molecule has 2 rings (SSSR count). The van der Waals surface area contributed by atoms with Gasteiger partial charge in [0.15, 0.2) is 0 Å². The number of carboxylic acid groups (broad SMARTS) is 1. The largest absolute Gasteiger partial charge is 0.506 e. The molecule has 0 aliphatic rings.